The van der Waals surface area contributed by atoms with Crippen molar-refractivity contribution < 1.29 is 0 Å². The number of hydrogen-bond donors (Lipinski definition) is 0. The highest BCUT2D eigenvalue weighted by Crippen LogP contribution is 2.34. The topological polar surface area (TPSA) is 64.7 Å². The van der Waals surface area contributed by atoms with E-state index < -0.39 is 0 Å². The molecule has 1 aliphatic carbocycles. The van der Waals surface area contributed by atoms with Crippen molar-refractivity contribution in [2.45, 2.75) is 64.2 Å². The summed E-state index contributed by atoms with van der Waals surface area (Å²) in [7, 11) is 0. The fourth-order valence-corrected chi connectivity index (χ4v) is 3.36. The van der Waals surface area contributed by atoms with E-state index in [0.717, 1.165) is 25.5 Å². The van der Waals surface area contributed by atoms with Gasteiger partial charge in [0.25, 0.3) is 0 Å². The summed E-state index contributed by atoms with van der Waals surface area (Å²) in [5.41, 5.74) is 1.22. The van der Waals surface area contributed by atoms with E-state index in [1.165, 1.54) is 37.7 Å². The Kier molecular flexibility index (Phi) is 3.65. The predicted octanol–water partition coefficient (Wildman–Crippen LogP) is 1.57. The Morgan fingerprint density at radius 2 is 2.14 bits per heavy atom. The quantitative estimate of drug-likeness (QED) is 0.838. The number of hydrogen-bond acceptors (Lipinski definition) is 5. The number of piperidine rings is 1. The van der Waals surface area contributed by atoms with Crippen LogP contribution in [0, 0.1) is 6.92 Å². The van der Waals surface area contributed by atoms with Crippen LogP contribution in [-0.4, -0.2) is 47.5 Å². The van der Waals surface area contributed by atoms with Crippen LogP contribution in [0.3, 0.4) is 0 Å². The summed E-state index contributed by atoms with van der Waals surface area (Å²) in [6, 6.07) is 1.07. The first kappa shape index (κ1) is 13.9. The minimum atomic E-state index is 0.525. The van der Waals surface area contributed by atoms with Crippen molar-refractivity contribution in [2.24, 2.45) is 0 Å². The molecule has 1 saturated carbocycles. The Balaban J connectivity index is 1.46. The van der Waals surface area contributed by atoms with Crippen molar-refractivity contribution in [3.63, 3.8) is 0 Å². The molecule has 0 unspecified atom stereocenters. The van der Waals surface area contributed by atoms with Gasteiger partial charge in [-0.1, -0.05) is 6.42 Å². The van der Waals surface area contributed by atoms with Crippen molar-refractivity contribution in [3.8, 4) is 0 Å². The van der Waals surface area contributed by atoms with E-state index in [0.29, 0.717) is 12.1 Å². The molecule has 0 aromatic carbocycles. The van der Waals surface area contributed by atoms with Crippen LogP contribution in [0.25, 0.3) is 0 Å². The lowest BCUT2D eigenvalue weighted by Crippen LogP contribution is -2.42. The van der Waals surface area contributed by atoms with E-state index in [2.05, 4.69) is 43.3 Å². The molecule has 0 N–H and O–H groups in total. The van der Waals surface area contributed by atoms with Crippen LogP contribution in [-0.2, 0) is 13.1 Å². The highest BCUT2D eigenvalue weighted by atomic mass is 15.6. The van der Waals surface area contributed by atoms with E-state index >= 15 is 0 Å². The lowest BCUT2D eigenvalue weighted by atomic mass is 10.0. The molecule has 22 heavy (non-hydrogen) atoms. The summed E-state index contributed by atoms with van der Waals surface area (Å²) in [6.45, 7) is 5.03. The zero-order chi connectivity index (χ0) is 14.9. The Morgan fingerprint density at radius 3 is 2.91 bits per heavy atom. The van der Waals surface area contributed by atoms with Crippen molar-refractivity contribution in [1.82, 2.24) is 34.9 Å². The first-order valence-corrected chi connectivity index (χ1v) is 8.29. The van der Waals surface area contributed by atoms with E-state index in [-0.39, 0.29) is 0 Å². The van der Waals surface area contributed by atoms with Crippen LogP contribution in [0.1, 0.15) is 49.5 Å². The van der Waals surface area contributed by atoms with Gasteiger partial charge in [0, 0.05) is 12.2 Å². The van der Waals surface area contributed by atoms with Crippen LogP contribution in [0.5, 0.6) is 0 Å². The molecule has 2 aromatic heterocycles. The molecule has 4 rings (SSSR count). The molecular weight excluding hydrogens is 278 g/mol. The molecule has 1 aliphatic heterocycles. The van der Waals surface area contributed by atoms with Gasteiger partial charge < -0.3 is 0 Å². The molecular formula is C15H23N7. The third kappa shape index (κ3) is 2.90. The van der Waals surface area contributed by atoms with Crippen LogP contribution >= 0.6 is 0 Å². The van der Waals surface area contributed by atoms with Crippen molar-refractivity contribution in [2.75, 3.05) is 6.54 Å². The summed E-state index contributed by atoms with van der Waals surface area (Å²) in [4.78, 5) is 2.53. The average molecular weight is 301 g/mol. The second-order valence-corrected chi connectivity index (χ2v) is 6.63. The number of rotatable bonds is 5. The summed E-state index contributed by atoms with van der Waals surface area (Å²) in [6.07, 6.45) is 10.3. The summed E-state index contributed by atoms with van der Waals surface area (Å²) in [5, 5.41) is 16.7. The van der Waals surface area contributed by atoms with Gasteiger partial charge in [-0.15, -0.1) is 5.10 Å². The van der Waals surface area contributed by atoms with Gasteiger partial charge in [0.1, 0.15) is 0 Å². The predicted molar refractivity (Wildman–Crippen MR) is 81.1 cm³/mol. The number of likely N-dealkylation sites (tertiary alicyclic amines) is 1. The maximum Gasteiger partial charge on any atom is 0.165 e. The Morgan fingerprint density at radius 1 is 1.23 bits per heavy atom. The summed E-state index contributed by atoms with van der Waals surface area (Å²) < 4.78 is 4.10. The molecule has 118 valence electrons. The fraction of sp³-hybridized carbons (Fsp3) is 0.733. The molecule has 0 bridgehead atoms. The van der Waals surface area contributed by atoms with E-state index in [1.54, 1.807) is 0 Å². The molecule has 0 amide bonds. The summed E-state index contributed by atoms with van der Waals surface area (Å²) in [5.74, 6) is 1.02. The van der Waals surface area contributed by atoms with Gasteiger partial charge >= 0.3 is 0 Å². The first-order chi connectivity index (χ1) is 10.8. The summed E-state index contributed by atoms with van der Waals surface area (Å²) >= 11 is 0. The van der Waals surface area contributed by atoms with Gasteiger partial charge in [-0.2, -0.15) is 5.10 Å². The molecule has 7 heteroatoms. The van der Waals surface area contributed by atoms with Crippen LogP contribution in [0.15, 0.2) is 12.4 Å². The van der Waals surface area contributed by atoms with Crippen LogP contribution in [0.4, 0.5) is 0 Å². The second-order valence-electron chi connectivity index (χ2n) is 6.63. The third-order valence-corrected chi connectivity index (χ3v) is 4.71. The maximum absolute atomic E-state index is 4.44. The molecule has 0 spiro atoms. The highest BCUT2D eigenvalue weighted by Gasteiger charge is 2.30. The Hall–Kier alpha value is -1.76. The SMILES string of the molecule is Cc1cnn(C[C@@H]2CCCCN2Cc2nnnn2C2CC2)c1. The number of tetrazole rings is 1. The third-order valence-electron chi connectivity index (χ3n) is 4.71. The highest BCUT2D eigenvalue weighted by molar-refractivity contribution is 5.00. The molecule has 2 fully saturated rings. The number of aryl methyl sites for hydroxylation is 1. The van der Waals surface area contributed by atoms with Crippen LogP contribution in [0.2, 0.25) is 0 Å². The Bertz CT molecular complexity index is 627. The monoisotopic (exact) mass is 301 g/mol. The van der Waals surface area contributed by atoms with Gasteiger partial charge in [-0.05, 0) is 55.1 Å². The molecule has 1 atom stereocenters. The molecule has 2 aliphatic rings. The Labute approximate surface area is 130 Å². The van der Waals surface area contributed by atoms with Crippen molar-refractivity contribution >= 4 is 0 Å². The molecule has 7 nitrogen and oxygen atoms in total. The van der Waals surface area contributed by atoms with Gasteiger partial charge in [0.15, 0.2) is 5.82 Å². The lowest BCUT2D eigenvalue weighted by molar-refractivity contribution is 0.117. The van der Waals surface area contributed by atoms with Gasteiger partial charge in [0.2, 0.25) is 0 Å². The standard InChI is InChI=1S/C15H23N7/c1-12-8-16-21(9-12)10-14-4-2-3-7-20(14)11-15-17-18-19-22(15)13-5-6-13/h8-9,13-14H,2-7,10-11H2,1H3/t14-/m0/s1. The normalized spacial score (nSPS) is 23.0. The van der Waals surface area contributed by atoms with Crippen LogP contribution < -0.4 is 0 Å². The first-order valence-electron chi connectivity index (χ1n) is 8.29. The maximum atomic E-state index is 4.44. The number of aromatic nitrogens is 6. The van der Waals surface area contributed by atoms with Crippen molar-refractivity contribution in [3.05, 3.63) is 23.8 Å². The smallest absolute Gasteiger partial charge is 0.165 e. The lowest BCUT2D eigenvalue weighted by Gasteiger charge is -2.35. The van der Waals surface area contributed by atoms with E-state index in [4.69, 9.17) is 0 Å². The molecule has 3 heterocycles. The molecule has 2 aromatic rings. The number of nitrogens with zero attached hydrogens (tertiary/aromatic N) is 7. The van der Waals surface area contributed by atoms with Gasteiger partial charge in [0.05, 0.1) is 25.3 Å². The van der Waals surface area contributed by atoms with E-state index in [9.17, 15) is 0 Å². The molecule has 1 saturated heterocycles. The van der Waals surface area contributed by atoms with Gasteiger partial charge in [-0.3, -0.25) is 9.58 Å². The zero-order valence-electron chi connectivity index (χ0n) is 13.1. The minimum absolute atomic E-state index is 0.525. The second kappa shape index (κ2) is 5.79. The largest absolute Gasteiger partial charge is 0.291 e. The minimum Gasteiger partial charge on any atom is -0.291 e. The van der Waals surface area contributed by atoms with Crippen molar-refractivity contribution in [1.29, 1.82) is 0 Å². The zero-order valence-corrected chi connectivity index (χ0v) is 13.1. The van der Waals surface area contributed by atoms with E-state index in [1.807, 2.05) is 10.9 Å². The fourth-order valence-electron chi connectivity index (χ4n) is 3.36. The molecule has 0 radical (unpaired) electrons. The average Bonchev–Trinajstić information content (AvgIpc) is 3.12. The van der Waals surface area contributed by atoms with Gasteiger partial charge in [-0.25, -0.2) is 4.68 Å².